The van der Waals surface area contributed by atoms with Crippen molar-refractivity contribution in [1.29, 1.82) is 0 Å². The molecule has 134 valence electrons. The van der Waals surface area contributed by atoms with Crippen LogP contribution in [0.5, 0.6) is 0 Å². The molecule has 0 saturated heterocycles. The number of carbonyl (C=O) groups is 3. The summed E-state index contributed by atoms with van der Waals surface area (Å²) in [6, 6.07) is 9.88. The summed E-state index contributed by atoms with van der Waals surface area (Å²) in [7, 11) is 0. The average molecular weight is 371 g/mol. The SMILES string of the molecule is Cc1c(C(=O)NNC(=O)C(C)NC(=O)c2cccs2)oc2ccccc12. The number of benzene rings is 1. The summed E-state index contributed by atoms with van der Waals surface area (Å²) >= 11 is 1.28. The molecular formula is C18H17N3O4S. The van der Waals surface area contributed by atoms with E-state index in [4.69, 9.17) is 4.42 Å². The molecular weight excluding hydrogens is 354 g/mol. The van der Waals surface area contributed by atoms with Gasteiger partial charge in [0.2, 0.25) is 0 Å². The number of fused-ring (bicyclic) bond motifs is 1. The smallest absolute Gasteiger partial charge is 0.305 e. The summed E-state index contributed by atoms with van der Waals surface area (Å²) in [5.41, 5.74) is 5.88. The lowest BCUT2D eigenvalue weighted by Gasteiger charge is -2.13. The number of para-hydroxylation sites is 1. The molecule has 26 heavy (non-hydrogen) atoms. The highest BCUT2D eigenvalue weighted by Crippen LogP contribution is 2.24. The maximum Gasteiger partial charge on any atom is 0.305 e. The largest absolute Gasteiger partial charge is 0.451 e. The number of hydrazine groups is 1. The minimum atomic E-state index is -0.818. The minimum absolute atomic E-state index is 0.127. The number of nitrogens with one attached hydrogen (secondary N) is 3. The van der Waals surface area contributed by atoms with Gasteiger partial charge in [-0.1, -0.05) is 24.3 Å². The van der Waals surface area contributed by atoms with Crippen LogP contribution in [0, 0.1) is 6.92 Å². The normalized spacial score (nSPS) is 11.8. The molecule has 1 aromatic carbocycles. The van der Waals surface area contributed by atoms with Crippen LogP contribution in [0.2, 0.25) is 0 Å². The van der Waals surface area contributed by atoms with Crippen LogP contribution >= 0.6 is 11.3 Å². The van der Waals surface area contributed by atoms with Gasteiger partial charge in [0.25, 0.3) is 11.8 Å². The zero-order chi connectivity index (χ0) is 18.7. The molecule has 0 aliphatic rings. The van der Waals surface area contributed by atoms with Crippen LogP contribution in [-0.2, 0) is 4.79 Å². The van der Waals surface area contributed by atoms with Crippen LogP contribution in [0.25, 0.3) is 11.0 Å². The van der Waals surface area contributed by atoms with E-state index in [1.54, 1.807) is 30.5 Å². The predicted octanol–water partition coefficient (Wildman–Crippen LogP) is 2.38. The van der Waals surface area contributed by atoms with Crippen LogP contribution in [0.4, 0.5) is 0 Å². The summed E-state index contributed by atoms with van der Waals surface area (Å²) in [6.07, 6.45) is 0. The van der Waals surface area contributed by atoms with Crippen LogP contribution in [0.1, 0.15) is 32.7 Å². The Bertz CT molecular complexity index is 962. The molecule has 8 heteroatoms. The van der Waals surface area contributed by atoms with Gasteiger partial charge in [-0.25, -0.2) is 0 Å². The molecule has 0 aliphatic carbocycles. The van der Waals surface area contributed by atoms with Crippen molar-refractivity contribution in [3.05, 3.63) is 58.0 Å². The van der Waals surface area contributed by atoms with E-state index in [9.17, 15) is 14.4 Å². The second-order valence-corrected chi connectivity index (χ2v) is 6.62. The summed E-state index contributed by atoms with van der Waals surface area (Å²) in [6.45, 7) is 3.30. The van der Waals surface area contributed by atoms with Crippen molar-refractivity contribution < 1.29 is 18.8 Å². The van der Waals surface area contributed by atoms with E-state index < -0.39 is 17.9 Å². The highest BCUT2D eigenvalue weighted by atomic mass is 32.1. The van der Waals surface area contributed by atoms with Gasteiger partial charge >= 0.3 is 5.91 Å². The van der Waals surface area contributed by atoms with Crippen molar-refractivity contribution in [3.8, 4) is 0 Å². The highest BCUT2D eigenvalue weighted by Gasteiger charge is 2.20. The number of furan rings is 1. The second kappa shape index (κ2) is 7.40. The first-order valence-corrected chi connectivity index (χ1v) is 8.78. The Labute approximate surface area is 153 Å². The molecule has 3 aromatic rings. The maximum atomic E-state index is 12.3. The topological polar surface area (TPSA) is 100 Å². The summed E-state index contributed by atoms with van der Waals surface area (Å²) in [5.74, 6) is -1.33. The molecule has 0 saturated carbocycles. The molecule has 7 nitrogen and oxygen atoms in total. The quantitative estimate of drug-likeness (QED) is 0.613. The van der Waals surface area contributed by atoms with Crippen LogP contribution in [0.3, 0.4) is 0 Å². The Morgan fingerprint density at radius 1 is 1.04 bits per heavy atom. The number of hydrogen-bond donors (Lipinski definition) is 3. The van der Waals surface area contributed by atoms with Crippen molar-refractivity contribution in [1.82, 2.24) is 16.2 Å². The van der Waals surface area contributed by atoms with Gasteiger partial charge in [-0.3, -0.25) is 25.2 Å². The Hall–Kier alpha value is -3.13. The Kier molecular flexibility index (Phi) is 5.04. The molecule has 1 unspecified atom stereocenters. The van der Waals surface area contributed by atoms with E-state index in [1.165, 1.54) is 18.3 Å². The number of aryl methyl sites for hydroxylation is 1. The van der Waals surface area contributed by atoms with E-state index in [2.05, 4.69) is 16.2 Å². The summed E-state index contributed by atoms with van der Waals surface area (Å²) < 4.78 is 5.54. The zero-order valence-electron chi connectivity index (χ0n) is 14.2. The van der Waals surface area contributed by atoms with Gasteiger partial charge in [0.1, 0.15) is 11.6 Å². The highest BCUT2D eigenvalue weighted by molar-refractivity contribution is 7.12. The maximum absolute atomic E-state index is 12.3. The fraction of sp³-hybridized carbons (Fsp3) is 0.167. The lowest BCUT2D eigenvalue weighted by Crippen LogP contribution is -2.51. The van der Waals surface area contributed by atoms with E-state index in [-0.39, 0.29) is 11.7 Å². The molecule has 2 aromatic heterocycles. The molecule has 1 atom stereocenters. The van der Waals surface area contributed by atoms with E-state index in [0.717, 1.165) is 5.39 Å². The van der Waals surface area contributed by atoms with Gasteiger partial charge in [0.15, 0.2) is 5.76 Å². The lowest BCUT2D eigenvalue weighted by atomic mass is 10.1. The van der Waals surface area contributed by atoms with Crippen molar-refractivity contribution in [2.75, 3.05) is 0 Å². The standard InChI is InChI=1S/C18H17N3O4S/c1-10-12-6-3-4-7-13(12)25-15(10)18(24)21-20-16(22)11(2)19-17(23)14-8-5-9-26-14/h3-9,11H,1-2H3,(H,19,23)(H,20,22)(H,21,24). The molecule has 3 N–H and O–H groups in total. The van der Waals surface area contributed by atoms with Gasteiger partial charge in [0.05, 0.1) is 4.88 Å². The monoisotopic (exact) mass is 371 g/mol. The first kappa shape index (κ1) is 17.7. The van der Waals surface area contributed by atoms with Crippen molar-refractivity contribution in [2.24, 2.45) is 0 Å². The fourth-order valence-electron chi connectivity index (χ4n) is 2.42. The van der Waals surface area contributed by atoms with Gasteiger partial charge in [-0.2, -0.15) is 0 Å². The van der Waals surface area contributed by atoms with Gasteiger partial charge in [-0.05, 0) is 31.4 Å². The first-order valence-electron chi connectivity index (χ1n) is 7.90. The Balaban J connectivity index is 1.58. The molecule has 0 aliphatic heterocycles. The third-order valence-corrected chi connectivity index (χ3v) is 4.70. The number of hydrogen-bond acceptors (Lipinski definition) is 5. The predicted molar refractivity (Wildman–Crippen MR) is 97.8 cm³/mol. The second-order valence-electron chi connectivity index (χ2n) is 5.67. The molecule has 2 heterocycles. The average Bonchev–Trinajstić information content (AvgIpc) is 3.28. The third-order valence-electron chi connectivity index (χ3n) is 3.83. The minimum Gasteiger partial charge on any atom is -0.451 e. The Morgan fingerprint density at radius 2 is 1.81 bits per heavy atom. The van der Waals surface area contributed by atoms with E-state index in [1.807, 2.05) is 18.2 Å². The summed E-state index contributed by atoms with van der Waals surface area (Å²) in [5, 5.41) is 5.17. The Morgan fingerprint density at radius 3 is 2.50 bits per heavy atom. The third kappa shape index (κ3) is 3.60. The molecule has 3 amide bonds. The zero-order valence-corrected chi connectivity index (χ0v) is 15.0. The molecule has 0 bridgehead atoms. The number of carbonyl (C=O) groups excluding carboxylic acids is 3. The number of amides is 3. The van der Waals surface area contributed by atoms with Crippen LogP contribution in [0.15, 0.2) is 46.2 Å². The number of thiophene rings is 1. The molecule has 0 spiro atoms. The van der Waals surface area contributed by atoms with Crippen molar-refractivity contribution in [2.45, 2.75) is 19.9 Å². The van der Waals surface area contributed by atoms with Crippen molar-refractivity contribution in [3.63, 3.8) is 0 Å². The van der Waals surface area contributed by atoms with E-state index in [0.29, 0.717) is 16.0 Å². The first-order chi connectivity index (χ1) is 12.5. The molecule has 0 radical (unpaired) electrons. The lowest BCUT2D eigenvalue weighted by molar-refractivity contribution is -0.123. The van der Waals surface area contributed by atoms with Gasteiger partial charge < -0.3 is 9.73 Å². The van der Waals surface area contributed by atoms with Gasteiger partial charge in [-0.15, -0.1) is 11.3 Å². The molecule has 3 rings (SSSR count). The number of rotatable bonds is 4. The fourth-order valence-corrected chi connectivity index (χ4v) is 3.04. The van der Waals surface area contributed by atoms with Gasteiger partial charge in [0, 0.05) is 10.9 Å². The van der Waals surface area contributed by atoms with Crippen LogP contribution in [-0.4, -0.2) is 23.8 Å². The summed E-state index contributed by atoms with van der Waals surface area (Å²) in [4.78, 5) is 36.8. The van der Waals surface area contributed by atoms with Crippen molar-refractivity contribution >= 4 is 40.0 Å². The van der Waals surface area contributed by atoms with E-state index >= 15 is 0 Å². The molecule has 0 fully saturated rings. The van der Waals surface area contributed by atoms with Crippen LogP contribution < -0.4 is 16.2 Å².